The number of carbonyl (C=O) groups excluding carboxylic acids is 1. The second kappa shape index (κ2) is 6.94. The molecular formula is C25H23ClN4O2. The second-order valence-corrected chi connectivity index (χ2v) is 9.84. The molecular weight excluding hydrogens is 424 g/mol. The first kappa shape index (κ1) is 19.6. The van der Waals surface area contributed by atoms with Crippen LogP contribution in [-0.2, 0) is 7.05 Å². The van der Waals surface area contributed by atoms with Crippen LogP contribution in [0, 0.1) is 5.41 Å². The van der Waals surface area contributed by atoms with Crippen LogP contribution in [0.4, 0.5) is 0 Å². The van der Waals surface area contributed by atoms with Gasteiger partial charge in [0.05, 0.1) is 21.6 Å². The molecule has 4 aromatic rings. The molecule has 6 rings (SSSR count). The summed E-state index contributed by atoms with van der Waals surface area (Å²) >= 11 is 6.32. The summed E-state index contributed by atoms with van der Waals surface area (Å²) in [5, 5.41) is 13.5. The molecule has 0 radical (unpaired) electrons. The van der Waals surface area contributed by atoms with Crippen LogP contribution in [0.25, 0.3) is 21.7 Å². The van der Waals surface area contributed by atoms with Gasteiger partial charge in [-0.2, -0.15) is 5.10 Å². The molecule has 0 bridgehead atoms. The number of benzene rings is 2. The molecule has 2 saturated carbocycles. The topological polar surface area (TPSA) is 79.8 Å². The Hall–Kier alpha value is -3.12. The van der Waals surface area contributed by atoms with Crippen LogP contribution in [-0.4, -0.2) is 26.7 Å². The molecule has 0 atom stereocenters. The van der Waals surface area contributed by atoms with Crippen LogP contribution in [0.3, 0.4) is 0 Å². The quantitative estimate of drug-likeness (QED) is 0.485. The Bertz CT molecular complexity index is 1440. The van der Waals surface area contributed by atoms with Gasteiger partial charge in [0.25, 0.3) is 11.5 Å². The summed E-state index contributed by atoms with van der Waals surface area (Å²) in [6.45, 7) is 0. The average Bonchev–Trinajstić information content (AvgIpc) is 3.08. The predicted molar refractivity (Wildman–Crippen MR) is 125 cm³/mol. The number of amides is 1. The first-order chi connectivity index (χ1) is 15.4. The summed E-state index contributed by atoms with van der Waals surface area (Å²) in [7, 11) is 1.88. The van der Waals surface area contributed by atoms with Gasteiger partial charge in [0.2, 0.25) is 0 Å². The number of carbonyl (C=O) groups is 1. The third kappa shape index (κ3) is 2.89. The van der Waals surface area contributed by atoms with Gasteiger partial charge in [-0.1, -0.05) is 41.9 Å². The lowest BCUT2D eigenvalue weighted by atomic mass is 9.49. The highest BCUT2D eigenvalue weighted by Gasteiger charge is 2.54. The van der Waals surface area contributed by atoms with Crippen molar-refractivity contribution in [1.82, 2.24) is 20.1 Å². The van der Waals surface area contributed by atoms with Gasteiger partial charge in [0.1, 0.15) is 5.69 Å². The molecule has 32 heavy (non-hydrogen) atoms. The smallest absolute Gasteiger partial charge is 0.272 e. The van der Waals surface area contributed by atoms with E-state index in [1.54, 1.807) is 0 Å². The minimum absolute atomic E-state index is 0.0521. The van der Waals surface area contributed by atoms with Gasteiger partial charge in [-0.05, 0) is 49.3 Å². The first-order valence-electron chi connectivity index (χ1n) is 11.0. The van der Waals surface area contributed by atoms with Gasteiger partial charge in [0, 0.05) is 29.8 Å². The summed E-state index contributed by atoms with van der Waals surface area (Å²) < 4.78 is 1.87. The molecule has 6 nitrogen and oxygen atoms in total. The summed E-state index contributed by atoms with van der Waals surface area (Å²) in [4.78, 5) is 25.0. The molecule has 162 valence electrons. The molecule has 2 aromatic carbocycles. The molecule has 1 spiro atoms. The Morgan fingerprint density at radius 3 is 2.62 bits per heavy atom. The molecule has 2 N–H and O–H groups in total. The number of aromatic amines is 1. The van der Waals surface area contributed by atoms with E-state index in [1.807, 2.05) is 60.1 Å². The number of nitrogens with zero attached hydrogens (tertiary/aromatic N) is 2. The van der Waals surface area contributed by atoms with E-state index in [4.69, 9.17) is 11.6 Å². The average molecular weight is 447 g/mol. The highest BCUT2D eigenvalue weighted by atomic mass is 35.5. The Balaban J connectivity index is 1.13. The largest absolute Gasteiger partial charge is 0.348 e. The number of H-pyrrole nitrogens is 1. The monoisotopic (exact) mass is 446 g/mol. The van der Waals surface area contributed by atoms with Crippen molar-refractivity contribution in [2.75, 3.05) is 0 Å². The molecule has 2 fully saturated rings. The highest BCUT2D eigenvalue weighted by molar-refractivity contribution is 6.35. The van der Waals surface area contributed by atoms with Gasteiger partial charge in [0.15, 0.2) is 0 Å². The minimum atomic E-state index is -0.139. The van der Waals surface area contributed by atoms with Gasteiger partial charge >= 0.3 is 0 Å². The fourth-order valence-electron chi connectivity index (χ4n) is 5.89. The molecule has 7 heteroatoms. The lowest BCUT2D eigenvalue weighted by molar-refractivity contribution is -0.0197. The SMILES string of the molecule is Cn1c(C(=O)NC2CC3(C2)CC(c2n[nH]c(=O)c4ccccc24)C3)cc2cccc(Cl)c21. The Morgan fingerprint density at radius 1 is 1.12 bits per heavy atom. The van der Waals surface area contributed by atoms with Gasteiger partial charge in [-0.3, -0.25) is 9.59 Å². The lowest BCUT2D eigenvalue weighted by Crippen LogP contribution is -2.55. The summed E-state index contributed by atoms with van der Waals surface area (Å²) in [6, 6.07) is 15.5. The molecule has 2 heterocycles. The normalized spacial score (nSPS) is 24.4. The predicted octanol–water partition coefficient (Wildman–Crippen LogP) is 4.52. The zero-order chi connectivity index (χ0) is 22.0. The zero-order valence-corrected chi connectivity index (χ0v) is 18.4. The number of halogens is 1. The fourth-order valence-corrected chi connectivity index (χ4v) is 6.20. The first-order valence-corrected chi connectivity index (χ1v) is 11.3. The number of aromatic nitrogens is 3. The number of hydrogen-bond acceptors (Lipinski definition) is 3. The van der Waals surface area contributed by atoms with Crippen molar-refractivity contribution < 1.29 is 4.79 Å². The van der Waals surface area contributed by atoms with Gasteiger partial charge in [-0.25, -0.2) is 5.10 Å². The molecule has 0 aliphatic heterocycles. The standard InChI is InChI=1S/C25H23ClN4O2/c1-30-20(9-14-5-4-8-19(26)22(14)30)24(32)27-16-12-25(13-16)10-15(11-25)21-17-6-2-3-7-18(17)23(31)29-28-21/h2-9,15-16H,10-13H2,1H3,(H,27,32)(H,29,31). The number of hydrogen-bond donors (Lipinski definition) is 2. The lowest BCUT2D eigenvalue weighted by Gasteiger charge is -2.57. The fraction of sp³-hybridized carbons (Fsp3) is 0.320. The molecule has 0 saturated heterocycles. The van der Waals surface area contributed by atoms with Crippen LogP contribution in [0.2, 0.25) is 5.02 Å². The zero-order valence-electron chi connectivity index (χ0n) is 17.7. The van der Waals surface area contributed by atoms with Crippen molar-refractivity contribution in [3.05, 3.63) is 75.3 Å². The van der Waals surface area contributed by atoms with Crippen molar-refractivity contribution in [2.45, 2.75) is 37.6 Å². The van der Waals surface area contributed by atoms with E-state index in [0.29, 0.717) is 22.0 Å². The van der Waals surface area contributed by atoms with Crippen molar-refractivity contribution in [3.63, 3.8) is 0 Å². The van der Waals surface area contributed by atoms with E-state index in [0.717, 1.165) is 47.7 Å². The molecule has 2 aromatic heterocycles. The summed E-state index contributed by atoms with van der Waals surface area (Å²) in [5.41, 5.74) is 2.64. The van der Waals surface area contributed by atoms with E-state index >= 15 is 0 Å². The van der Waals surface area contributed by atoms with Crippen LogP contribution >= 0.6 is 11.6 Å². The van der Waals surface area contributed by atoms with Crippen molar-refractivity contribution in [2.24, 2.45) is 12.5 Å². The summed E-state index contributed by atoms with van der Waals surface area (Å²) in [6.07, 6.45) is 4.07. The van der Waals surface area contributed by atoms with Crippen molar-refractivity contribution >= 4 is 39.2 Å². The molecule has 1 amide bonds. The molecule has 0 unspecified atom stereocenters. The van der Waals surface area contributed by atoms with Gasteiger partial charge in [-0.15, -0.1) is 0 Å². The number of aryl methyl sites for hydroxylation is 1. The second-order valence-electron chi connectivity index (χ2n) is 9.43. The third-order valence-corrected chi connectivity index (χ3v) is 7.71. The number of fused-ring (bicyclic) bond motifs is 2. The number of rotatable bonds is 3. The maximum absolute atomic E-state index is 12.9. The van der Waals surface area contributed by atoms with Crippen LogP contribution < -0.4 is 10.9 Å². The van der Waals surface area contributed by atoms with Gasteiger partial charge < -0.3 is 9.88 Å². The molecule has 2 aliphatic carbocycles. The van der Waals surface area contributed by atoms with Crippen LogP contribution in [0.5, 0.6) is 0 Å². The van der Waals surface area contributed by atoms with Crippen LogP contribution in [0.15, 0.2) is 53.3 Å². The highest BCUT2D eigenvalue weighted by Crippen LogP contribution is 2.62. The Kier molecular flexibility index (Phi) is 4.24. The van der Waals surface area contributed by atoms with Crippen molar-refractivity contribution in [3.8, 4) is 0 Å². The third-order valence-electron chi connectivity index (χ3n) is 7.40. The Labute approximate surface area is 189 Å². The number of para-hydroxylation sites is 1. The molecule has 2 aliphatic rings. The van der Waals surface area contributed by atoms with E-state index < -0.39 is 0 Å². The van der Waals surface area contributed by atoms with E-state index in [9.17, 15) is 9.59 Å². The minimum Gasteiger partial charge on any atom is -0.348 e. The van der Waals surface area contributed by atoms with E-state index in [2.05, 4.69) is 15.5 Å². The number of nitrogens with one attached hydrogen (secondary N) is 2. The summed E-state index contributed by atoms with van der Waals surface area (Å²) in [5.74, 6) is 0.303. The maximum atomic E-state index is 12.9. The van der Waals surface area contributed by atoms with E-state index in [1.165, 1.54) is 0 Å². The van der Waals surface area contributed by atoms with Crippen LogP contribution in [0.1, 0.15) is 47.8 Å². The maximum Gasteiger partial charge on any atom is 0.272 e. The van der Waals surface area contributed by atoms with Crippen molar-refractivity contribution in [1.29, 1.82) is 0 Å². The van der Waals surface area contributed by atoms with E-state index in [-0.39, 0.29) is 22.9 Å². The Morgan fingerprint density at radius 2 is 1.88 bits per heavy atom.